The molecule has 9 aromatic carbocycles. The van der Waals surface area contributed by atoms with Gasteiger partial charge in [0.2, 0.25) is 0 Å². The molecule has 0 saturated heterocycles. The van der Waals surface area contributed by atoms with Crippen molar-refractivity contribution < 1.29 is 0 Å². The molecule has 0 bridgehead atoms. The highest BCUT2D eigenvalue weighted by atomic mass is 32.1. The molecule has 0 amide bonds. The van der Waals surface area contributed by atoms with E-state index in [1.807, 2.05) is 22.7 Å². The van der Waals surface area contributed by atoms with Crippen LogP contribution in [-0.2, 0) is 5.41 Å². The predicted molar refractivity (Wildman–Crippen MR) is 299 cm³/mol. The molecule has 1 aliphatic carbocycles. The second kappa shape index (κ2) is 14.5. The number of hydrogen-bond acceptors (Lipinski definition) is 5. The van der Waals surface area contributed by atoms with Crippen LogP contribution >= 0.6 is 22.7 Å². The molecule has 4 aliphatic rings. The van der Waals surface area contributed by atoms with Crippen molar-refractivity contribution in [2.24, 2.45) is 0 Å². The molecule has 3 aliphatic heterocycles. The van der Waals surface area contributed by atoms with Crippen LogP contribution in [0, 0.1) is 6.92 Å². The highest BCUT2D eigenvalue weighted by Crippen LogP contribution is 2.61. The maximum Gasteiger partial charge on any atom is 0.252 e. The molecule has 2 unspecified atom stereocenters. The molecule has 5 heterocycles. The van der Waals surface area contributed by atoms with Crippen LogP contribution in [0.1, 0.15) is 50.7 Å². The minimum atomic E-state index is -0.0584. The molecule has 0 N–H and O–H groups in total. The van der Waals surface area contributed by atoms with Gasteiger partial charge in [0.05, 0.1) is 15.9 Å². The fraction of sp³-hybridized carbons (Fsp3) is 0.143. The zero-order valence-corrected chi connectivity index (χ0v) is 40.6. The van der Waals surface area contributed by atoms with Crippen LogP contribution in [0.15, 0.2) is 188 Å². The summed E-state index contributed by atoms with van der Waals surface area (Å²) in [6.07, 6.45) is 4.88. The van der Waals surface area contributed by atoms with Gasteiger partial charge < -0.3 is 14.7 Å². The Morgan fingerprint density at radius 3 is 1.93 bits per heavy atom. The van der Waals surface area contributed by atoms with E-state index in [0.717, 1.165) is 6.42 Å². The number of anilines is 8. The minimum absolute atomic E-state index is 0.00281. The van der Waals surface area contributed by atoms with E-state index in [-0.39, 0.29) is 17.7 Å². The van der Waals surface area contributed by atoms with E-state index >= 15 is 0 Å². The summed E-state index contributed by atoms with van der Waals surface area (Å²) < 4.78 is 5.27. The number of nitrogens with zero attached hydrogens (tertiary/aromatic N) is 3. The van der Waals surface area contributed by atoms with Gasteiger partial charge >= 0.3 is 0 Å². The van der Waals surface area contributed by atoms with Gasteiger partial charge in [-0.2, -0.15) is 0 Å². The van der Waals surface area contributed by atoms with E-state index in [1.54, 1.807) is 0 Å². The summed E-state index contributed by atoms with van der Waals surface area (Å²) in [7, 11) is 0. The van der Waals surface area contributed by atoms with Crippen LogP contribution < -0.4 is 31.1 Å². The predicted octanol–water partition coefficient (Wildman–Crippen LogP) is 16.2. The van der Waals surface area contributed by atoms with Crippen LogP contribution in [0.2, 0.25) is 0 Å². The molecule has 1 saturated carbocycles. The molecule has 15 rings (SSSR count). The molecule has 330 valence electrons. The van der Waals surface area contributed by atoms with Crippen molar-refractivity contribution >= 4 is 132 Å². The van der Waals surface area contributed by atoms with Crippen molar-refractivity contribution in [3.63, 3.8) is 0 Å². The zero-order chi connectivity index (χ0) is 45.8. The lowest BCUT2D eigenvalue weighted by molar-refractivity contribution is 0.195. The minimum Gasteiger partial charge on any atom is -0.334 e. The number of hydrogen-bond donors (Lipinski definition) is 0. The summed E-state index contributed by atoms with van der Waals surface area (Å²) in [5.74, 6) is 0. The molecule has 3 nitrogen and oxygen atoms in total. The number of para-hydroxylation sites is 1. The molecule has 2 aromatic heterocycles. The van der Waals surface area contributed by atoms with Gasteiger partial charge in [0, 0.05) is 80.9 Å². The summed E-state index contributed by atoms with van der Waals surface area (Å²) in [6, 6.07) is 72.0. The zero-order valence-electron chi connectivity index (χ0n) is 39.0. The molecule has 69 heavy (non-hydrogen) atoms. The maximum absolute atomic E-state index is 2.75. The van der Waals surface area contributed by atoms with E-state index in [9.17, 15) is 0 Å². The van der Waals surface area contributed by atoms with Gasteiger partial charge in [0.15, 0.2) is 0 Å². The van der Waals surface area contributed by atoms with Gasteiger partial charge in [-0.15, -0.1) is 22.7 Å². The number of thiophene rings is 2. The Bertz CT molecular complexity index is 3960. The fourth-order valence-corrected chi connectivity index (χ4v) is 15.8. The third kappa shape index (κ3) is 5.45. The Morgan fingerprint density at radius 1 is 0.449 bits per heavy atom. The Kier molecular flexibility index (Phi) is 8.35. The van der Waals surface area contributed by atoms with Gasteiger partial charge in [-0.3, -0.25) is 0 Å². The van der Waals surface area contributed by atoms with Crippen LogP contribution in [0.5, 0.6) is 0 Å². The van der Waals surface area contributed by atoms with Crippen LogP contribution in [0.3, 0.4) is 0 Å². The number of aryl methyl sites for hydroxylation is 1. The SMILES string of the molecule is Cc1cc2c3c(c1)N(c1cccc4c1sc1ccccc14)c1cc(N4c5ccccc5C5(C)CCCCC45C)ccc1B3c1ccc(-c3ccccc3)cc1N2c1ccc2c(c1)sc1ccccc12. The Hall–Kier alpha value is -7.12. The van der Waals surface area contributed by atoms with Crippen LogP contribution in [-0.4, -0.2) is 12.3 Å². The Labute approximate surface area is 411 Å². The smallest absolute Gasteiger partial charge is 0.252 e. The summed E-state index contributed by atoms with van der Waals surface area (Å²) >= 11 is 3.81. The maximum atomic E-state index is 2.75. The standard InChI is InChI=1S/C63H48BN3S2/c1-39-34-55-60-56(35-39)66(52-23-15-20-47-45-19-8-12-25-58(45)69-61(47)52)54-37-43(67-51-22-10-9-21-48(51)62(2)32-13-14-33-63(62,67)3)28-31-50(54)64(60)49-30-26-41(40-16-5-4-6-17-40)36-53(49)65(55)42-27-29-46-44-18-7-11-24-57(44)68-59(46)38-42/h4-12,15-31,34-38H,13-14,32-33H2,1-3H3. The molecule has 6 heteroatoms. The Morgan fingerprint density at radius 2 is 1.09 bits per heavy atom. The van der Waals surface area contributed by atoms with Gasteiger partial charge in [0.1, 0.15) is 0 Å². The van der Waals surface area contributed by atoms with Crippen molar-refractivity contribution in [2.75, 3.05) is 14.7 Å². The van der Waals surface area contributed by atoms with Crippen molar-refractivity contribution in [3.05, 3.63) is 199 Å². The fourth-order valence-electron chi connectivity index (χ4n) is 13.5. The van der Waals surface area contributed by atoms with Gasteiger partial charge in [0.25, 0.3) is 6.71 Å². The third-order valence-corrected chi connectivity index (χ3v) is 19.2. The first kappa shape index (κ1) is 39.8. The van der Waals surface area contributed by atoms with Gasteiger partial charge in [-0.05, 0) is 132 Å². The average molecular weight is 922 g/mol. The van der Waals surface area contributed by atoms with E-state index in [0.29, 0.717) is 0 Å². The molecule has 0 radical (unpaired) electrons. The first-order chi connectivity index (χ1) is 33.9. The van der Waals surface area contributed by atoms with E-state index < -0.39 is 0 Å². The lowest BCUT2D eigenvalue weighted by atomic mass is 9.33. The van der Waals surface area contributed by atoms with Crippen LogP contribution in [0.4, 0.5) is 45.5 Å². The lowest BCUT2D eigenvalue weighted by Gasteiger charge is -2.50. The first-order valence-electron chi connectivity index (χ1n) is 24.7. The first-order valence-corrected chi connectivity index (χ1v) is 26.3. The highest BCUT2D eigenvalue weighted by molar-refractivity contribution is 7.26. The number of rotatable bonds is 4. The van der Waals surface area contributed by atoms with E-state index in [1.165, 1.54) is 144 Å². The van der Waals surface area contributed by atoms with Crippen LogP contribution in [0.25, 0.3) is 51.5 Å². The van der Waals surface area contributed by atoms with Crippen molar-refractivity contribution in [3.8, 4) is 11.1 Å². The Balaban J connectivity index is 1.02. The third-order valence-electron chi connectivity index (χ3n) is 16.8. The molecule has 2 atom stereocenters. The molecule has 1 fully saturated rings. The molecular weight excluding hydrogens is 874 g/mol. The van der Waals surface area contributed by atoms with Crippen molar-refractivity contribution in [1.82, 2.24) is 0 Å². The summed E-state index contributed by atoms with van der Waals surface area (Å²) in [5, 5.41) is 5.27. The van der Waals surface area contributed by atoms with Gasteiger partial charge in [-0.25, -0.2) is 0 Å². The van der Waals surface area contributed by atoms with E-state index in [2.05, 4.69) is 224 Å². The largest absolute Gasteiger partial charge is 0.334 e. The van der Waals surface area contributed by atoms with E-state index in [4.69, 9.17) is 0 Å². The van der Waals surface area contributed by atoms with Gasteiger partial charge in [-0.1, -0.05) is 141 Å². The van der Waals surface area contributed by atoms with Crippen molar-refractivity contribution in [1.29, 1.82) is 0 Å². The second-order valence-electron chi connectivity index (χ2n) is 20.4. The molecule has 11 aromatic rings. The second-order valence-corrected chi connectivity index (χ2v) is 22.5. The topological polar surface area (TPSA) is 9.72 Å². The molecular formula is C63H48BN3S2. The highest BCUT2D eigenvalue weighted by Gasteiger charge is 2.57. The van der Waals surface area contributed by atoms with Crippen molar-refractivity contribution in [2.45, 2.75) is 57.4 Å². The summed E-state index contributed by atoms with van der Waals surface area (Å²) in [4.78, 5) is 8.02. The average Bonchev–Trinajstić information content (AvgIpc) is 4.02. The molecule has 0 spiro atoms. The number of fused-ring (bicyclic) bond motifs is 13. The number of benzene rings is 9. The monoisotopic (exact) mass is 921 g/mol. The summed E-state index contributed by atoms with van der Waals surface area (Å²) in [6.45, 7) is 7.40. The quantitative estimate of drug-likeness (QED) is 0.163. The lowest BCUT2D eigenvalue weighted by Crippen LogP contribution is -2.61. The normalized spacial score (nSPS) is 19.0. The summed E-state index contributed by atoms with van der Waals surface area (Å²) in [5.41, 5.74) is 19.2.